The minimum atomic E-state index is -0.931. The fourth-order valence-corrected chi connectivity index (χ4v) is 10.2. The van der Waals surface area contributed by atoms with E-state index in [0.717, 1.165) is 99.1 Å². The average Bonchev–Trinajstić information content (AvgIpc) is 1.66. The summed E-state index contributed by atoms with van der Waals surface area (Å²) >= 11 is 0. The molecule has 0 spiro atoms. The van der Waals surface area contributed by atoms with E-state index >= 15 is 0 Å². The topological polar surface area (TPSA) is 348 Å². The molecule has 642 valence electrons. The average molecular weight is 1610 g/mol. The number of ether oxygens (including phenoxy) is 4. The van der Waals surface area contributed by atoms with E-state index in [0.29, 0.717) is 62.2 Å². The van der Waals surface area contributed by atoms with Crippen molar-refractivity contribution in [2.45, 2.75) is 246 Å². The predicted octanol–water partition coefficient (Wildman–Crippen LogP) is 15.4. The number of esters is 4. The van der Waals surface area contributed by atoms with Gasteiger partial charge in [-0.25, -0.2) is 0 Å². The lowest BCUT2D eigenvalue weighted by Crippen LogP contribution is -2.37. The number of Topliss-reactive ketones (excluding diaryl/α,β-unsaturated/α-hetero) is 2. The fourth-order valence-electron chi connectivity index (χ4n) is 10.2. The second kappa shape index (κ2) is 59.0. The Morgan fingerprint density at radius 3 is 1.52 bits per heavy atom. The minimum absolute atomic E-state index is 0.00230. The Labute approximate surface area is 691 Å². The molecule has 2 fully saturated rings. The first kappa shape index (κ1) is 104. The third-order valence-electron chi connectivity index (χ3n) is 20.2. The van der Waals surface area contributed by atoms with Gasteiger partial charge in [0, 0.05) is 92.6 Å². The lowest BCUT2D eigenvalue weighted by molar-refractivity contribution is -0.154. The molecule has 7 rings (SSSR count). The standard InChI is InChI=1S/C16H21NO4.C15H24N2O.C14H17NO2.C13H19NO2.C12H18N2O.C12H20O5.C10H19NO/c1-4-11(2)16(20)17-10-14(19)21-15(12(3)18)13-8-6-5-7-9-13;1-4-10-16-11-13-6-8-14(9-7-13)17-15(18)12(3)5-2;1-10-11(2)14(17)15(13(10)16)9-8-12-6-4-3-5-7-12;1-4-13(2,3)12(15)16-11-7-5-10(9-14)6-8-11;1-3-9(2)12(15)14-11-6-4-10(8-13)5-7-11;1-4-9(3)12(15)16-7-6-11(14)17-8-10(13)5-2;1-3-9(2)11-8-6-4-5-7-10(11)12/h5-9,11,15H,4,10H2,1-3H3,(H,17,20);6-9,12,16H,4-5,10-11H2,1-3H3,(H,17,18);3-7,10-11H,8-9H2,1-2H3;5-8H,4,9,14H2,1-3H3;4-7,9H,3,8,13H2,1-2H3,(H,14,15);9H,4-8H2,1-3H3;9H,3-8H2,1-2H3/t11-,15?;12-;10-,11+;;3*9-/m00..000/s1. The van der Waals surface area contributed by atoms with Gasteiger partial charge < -0.3 is 56.6 Å². The molecule has 5 aromatic carbocycles. The Kier molecular flexibility index (Phi) is 53.0. The highest BCUT2D eigenvalue weighted by molar-refractivity contribution is 6.04. The summed E-state index contributed by atoms with van der Waals surface area (Å²) in [5, 5.41) is 11.6. The van der Waals surface area contributed by atoms with E-state index < -0.39 is 23.5 Å². The van der Waals surface area contributed by atoms with Gasteiger partial charge in [-0.15, -0.1) is 0 Å². The van der Waals surface area contributed by atoms with E-state index in [1.54, 1.807) is 57.2 Å². The molecule has 24 nitrogen and oxygen atoms in total. The molecular weight excluding hydrogens is 1470 g/mol. The second-order valence-corrected chi connectivity index (χ2v) is 29.8. The first-order chi connectivity index (χ1) is 55.1. The zero-order chi connectivity index (χ0) is 87.3. The van der Waals surface area contributed by atoms with Crippen LogP contribution in [0.2, 0.25) is 0 Å². The molecule has 2 aliphatic rings. The van der Waals surface area contributed by atoms with E-state index in [4.69, 9.17) is 25.7 Å². The van der Waals surface area contributed by atoms with Gasteiger partial charge in [-0.3, -0.25) is 62.4 Å². The van der Waals surface area contributed by atoms with Gasteiger partial charge in [0.25, 0.3) is 0 Å². The maximum absolute atomic E-state index is 11.9. The van der Waals surface area contributed by atoms with Crippen molar-refractivity contribution in [1.82, 2.24) is 20.4 Å². The Hall–Kier alpha value is -9.78. The number of ketones is 2. The molecule has 1 unspecified atom stereocenters. The van der Waals surface area contributed by atoms with Crippen LogP contribution in [0.3, 0.4) is 0 Å². The van der Waals surface area contributed by atoms with Crippen LogP contribution in [0.15, 0.2) is 133 Å². The van der Waals surface area contributed by atoms with Gasteiger partial charge in [0.2, 0.25) is 35.4 Å². The summed E-state index contributed by atoms with van der Waals surface area (Å²) in [6, 6.07) is 42.0. The van der Waals surface area contributed by atoms with Crippen LogP contribution in [-0.2, 0) is 97.8 Å². The molecule has 116 heavy (non-hydrogen) atoms. The van der Waals surface area contributed by atoms with E-state index in [-0.39, 0.29) is 115 Å². The number of nitrogens with one attached hydrogen (secondary N) is 4. The van der Waals surface area contributed by atoms with E-state index in [1.165, 1.54) is 30.2 Å². The monoisotopic (exact) mass is 1610 g/mol. The van der Waals surface area contributed by atoms with Crippen molar-refractivity contribution in [3.05, 3.63) is 161 Å². The Morgan fingerprint density at radius 1 is 0.560 bits per heavy atom. The number of amides is 6. The number of carbonyl (C=O) groups is 12. The lowest BCUT2D eigenvalue weighted by atomic mass is 9.91. The van der Waals surface area contributed by atoms with E-state index in [2.05, 4.69) is 58.9 Å². The molecule has 2 saturated heterocycles. The number of benzene rings is 5. The molecule has 24 heteroatoms. The van der Waals surface area contributed by atoms with Crippen LogP contribution in [-0.4, -0.2) is 126 Å². The quantitative estimate of drug-likeness (QED) is 0.00721. The molecule has 8 N–H and O–H groups in total. The maximum Gasteiger partial charge on any atom is 0.326 e. The third kappa shape index (κ3) is 41.7. The SMILES string of the molecule is CCC(=O)COC(=O)CCOC(=O)[C@@H](C)CC.CCC(C)(C)C(=O)Oc1ccc(CN)cc1.CCCNCc1ccc(NC(=O)[C@@H](C)CC)cc1.CC[C@H](C)C(=O)NCC(=O)OC(C(C)=O)c1ccccc1.CC[C@H](C)C(=O)Nc1ccc(CN)cc1.CC[C@H](C)N1CCCCCC1=O.C[C@@H]1C(=O)N(CCc2ccccc2)C(=O)[C@@H]1C. The van der Waals surface area contributed by atoms with Gasteiger partial charge in [0.1, 0.15) is 25.5 Å². The molecule has 0 aromatic heterocycles. The van der Waals surface area contributed by atoms with Crippen molar-refractivity contribution in [3.8, 4) is 5.75 Å². The zero-order valence-electron chi connectivity index (χ0n) is 72.7. The van der Waals surface area contributed by atoms with Crippen molar-refractivity contribution in [2.24, 2.45) is 52.4 Å². The van der Waals surface area contributed by atoms with Crippen LogP contribution in [0.25, 0.3) is 0 Å². The highest BCUT2D eigenvalue weighted by Crippen LogP contribution is 2.27. The molecule has 6 amide bonds. The third-order valence-corrected chi connectivity index (χ3v) is 20.2. The molecule has 8 atom stereocenters. The second-order valence-electron chi connectivity index (χ2n) is 29.8. The number of imide groups is 1. The van der Waals surface area contributed by atoms with Crippen molar-refractivity contribution < 1.29 is 76.5 Å². The first-order valence-electron chi connectivity index (χ1n) is 41.4. The van der Waals surface area contributed by atoms with Crippen molar-refractivity contribution in [2.75, 3.05) is 50.0 Å². The van der Waals surface area contributed by atoms with Crippen molar-refractivity contribution in [1.29, 1.82) is 0 Å². The van der Waals surface area contributed by atoms with Crippen LogP contribution in [0.1, 0.15) is 242 Å². The number of nitrogens with two attached hydrogens (primary N) is 2. The lowest BCUT2D eigenvalue weighted by Gasteiger charge is -2.26. The largest absolute Gasteiger partial charge is 0.465 e. The molecular formula is C92H138N8O16. The number of rotatable bonds is 35. The summed E-state index contributed by atoms with van der Waals surface area (Å²) in [7, 11) is 0. The number of carbonyl (C=O) groups excluding carboxylic acids is 12. The van der Waals surface area contributed by atoms with Gasteiger partial charge in [0.05, 0.1) is 17.8 Å². The van der Waals surface area contributed by atoms with Gasteiger partial charge in [0.15, 0.2) is 17.7 Å². The summed E-state index contributed by atoms with van der Waals surface area (Å²) in [6.07, 6.45) is 10.5. The van der Waals surface area contributed by atoms with Crippen molar-refractivity contribution >= 4 is 82.3 Å². The van der Waals surface area contributed by atoms with Gasteiger partial charge in [-0.2, -0.15) is 0 Å². The Morgan fingerprint density at radius 2 is 1.05 bits per heavy atom. The maximum atomic E-state index is 11.9. The summed E-state index contributed by atoms with van der Waals surface area (Å²) in [5.74, 6) is -1.75. The van der Waals surface area contributed by atoms with E-state index in [1.807, 2.05) is 166 Å². The number of nitrogens with zero attached hydrogens (tertiary/aromatic N) is 2. The van der Waals surface area contributed by atoms with Crippen LogP contribution >= 0.6 is 0 Å². The molecule has 5 aromatic rings. The molecule has 2 heterocycles. The normalized spacial score (nSPS) is 15.0. The molecule has 0 saturated carbocycles. The van der Waals surface area contributed by atoms with Crippen LogP contribution in [0, 0.1) is 40.9 Å². The smallest absolute Gasteiger partial charge is 0.326 e. The van der Waals surface area contributed by atoms with E-state index in [9.17, 15) is 57.5 Å². The summed E-state index contributed by atoms with van der Waals surface area (Å²) in [4.78, 5) is 142. The van der Waals surface area contributed by atoms with Crippen molar-refractivity contribution in [3.63, 3.8) is 0 Å². The highest BCUT2D eigenvalue weighted by atomic mass is 16.6. The molecule has 2 aliphatic heterocycles. The predicted molar refractivity (Wildman–Crippen MR) is 458 cm³/mol. The first-order valence-corrected chi connectivity index (χ1v) is 41.4. The highest BCUT2D eigenvalue weighted by Gasteiger charge is 2.42. The summed E-state index contributed by atoms with van der Waals surface area (Å²) in [6.45, 7) is 38.1. The number of hydrogen-bond donors (Lipinski definition) is 6. The minimum Gasteiger partial charge on any atom is -0.465 e. The number of likely N-dealkylation sites (tertiary alicyclic amines) is 2. The summed E-state index contributed by atoms with van der Waals surface area (Å²) < 4.78 is 20.0. The van der Waals surface area contributed by atoms with Crippen LogP contribution in [0.4, 0.5) is 11.4 Å². The van der Waals surface area contributed by atoms with Gasteiger partial charge in [-0.05, 0) is 163 Å². The number of anilines is 2. The molecule has 0 radical (unpaired) electrons. The van der Waals surface area contributed by atoms with Gasteiger partial charge in [-0.1, -0.05) is 200 Å². The summed E-state index contributed by atoms with van der Waals surface area (Å²) in [5.41, 5.74) is 17.3. The molecule has 0 aliphatic carbocycles. The Bertz CT molecular complexity index is 3710. The van der Waals surface area contributed by atoms with Crippen LogP contribution < -0.4 is 37.5 Å². The zero-order valence-corrected chi connectivity index (χ0v) is 72.7. The number of hydrogen-bond acceptors (Lipinski definition) is 19. The fraction of sp³-hybridized carbons (Fsp3) is 0.543. The van der Waals surface area contributed by atoms with Gasteiger partial charge >= 0.3 is 23.9 Å². The molecule has 0 bridgehead atoms. The Balaban J connectivity index is 0.000000680. The van der Waals surface area contributed by atoms with Crippen LogP contribution in [0.5, 0.6) is 5.75 Å².